The molecule has 3 atom stereocenters. The third kappa shape index (κ3) is 21.7. The molecule has 0 aliphatic heterocycles. The molecule has 0 aromatic rings. The van der Waals surface area contributed by atoms with Gasteiger partial charge in [-0.05, 0) is 63.1 Å². The standard InChI is InChI=1S/C25H52N4O6/c1-21(33-20-23(3)35-25(31)11-13-29(9)17-15-27(6)7)18-32-22(2)19-34-24(30)10-12-28(8)16-14-26(4)5/h21-23H,10-20H2,1-9H3. The fourth-order valence-electron chi connectivity index (χ4n) is 2.82. The molecule has 0 spiro atoms. The van der Waals surface area contributed by atoms with Gasteiger partial charge in [-0.2, -0.15) is 0 Å². The third-order valence-corrected chi connectivity index (χ3v) is 5.30. The molecule has 0 saturated heterocycles. The van der Waals surface area contributed by atoms with E-state index in [2.05, 4.69) is 19.6 Å². The van der Waals surface area contributed by atoms with Crippen molar-refractivity contribution in [2.24, 2.45) is 0 Å². The average molecular weight is 505 g/mol. The van der Waals surface area contributed by atoms with Gasteiger partial charge in [-0.3, -0.25) is 9.59 Å². The summed E-state index contributed by atoms with van der Waals surface area (Å²) in [7, 11) is 12.1. The molecule has 208 valence electrons. The Kier molecular flexibility index (Phi) is 19.1. The summed E-state index contributed by atoms with van der Waals surface area (Å²) in [5.41, 5.74) is 0. The highest BCUT2D eigenvalue weighted by molar-refractivity contribution is 5.70. The molecule has 0 heterocycles. The van der Waals surface area contributed by atoms with Crippen molar-refractivity contribution in [2.45, 2.75) is 51.9 Å². The molecular formula is C25H52N4O6. The number of hydrogen-bond acceptors (Lipinski definition) is 10. The molecule has 0 aromatic heterocycles. The van der Waals surface area contributed by atoms with Crippen LogP contribution in [0.25, 0.3) is 0 Å². The van der Waals surface area contributed by atoms with Crippen molar-refractivity contribution in [1.82, 2.24) is 19.6 Å². The fourth-order valence-corrected chi connectivity index (χ4v) is 2.82. The molecule has 35 heavy (non-hydrogen) atoms. The molecule has 0 fully saturated rings. The first-order chi connectivity index (χ1) is 16.4. The van der Waals surface area contributed by atoms with Crippen molar-refractivity contribution in [3.63, 3.8) is 0 Å². The van der Waals surface area contributed by atoms with E-state index in [1.807, 2.05) is 63.1 Å². The molecule has 0 aromatic carbocycles. The molecule has 10 nitrogen and oxygen atoms in total. The summed E-state index contributed by atoms with van der Waals surface area (Å²) < 4.78 is 22.2. The minimum atomic E-state index is -0.328. The molecule has 0 aliphatic carbocycles. The zero-order chi connectivity index (χ0) is 26.8. The Morgan fingerprint density at radius 3 is 1.49 bits per heavy atom. The zero-order valence-electron chi connectivity index (χ0n) is 23.7. The number of ether oxygens (including phenoxy) is 4. The fraction of sp³-hybridized carbons (Fsp3) is 0.920. The lowest BCUT2D eigenvalue weighted by atomic mass is 10.3. The molecule has 10 heteroatoms. The largest absolute Gasteiger partial charge is 0.463 e. The van der Waals surface area contributed by atoms with Crippen LogP contribution in [0.4, 0.5) is 0 Å². The van der Waals surface area contributed by atoms with Crippen LogP contribution in [0.1, 0.15) is 33.6 Å². The summed E-state index contributed by atoms with van der Waals surface area (Å²) >= 11 is 0. The van der Waals surface area contributed by atoms with E-state index in [9.17, 15) is 9.59 Å². The van der Waals surface area contributed by atoms with Crippen molar-refractivity contribution in [3.05, 3.63) is 0 Å². The van der Waals surface area contributed by atoms with Gasteiger partial charge < -0.3 is 38.5 Å². The number of carbonyl (C=O) groups is 2. The van der Waals surface area contributed by atoms with E-state index in [-0.39, 0.29) is 36.9 Å². The van der Waals surface area contributed by atoms with E-state index in [4.69, 9.17) is 18.9 Å². The lowest BCUT2D eigenvalue weighted by Gasteiger charge is -2.21. The van der Waals surface area contributed by atoms with E-state index < -0.39 is 0 Å². The second-order valence-electron chi connectivity index (χ2n) is 9.98. The van der Waals surface area contributed by atoms with Crippen molar-refractivity contribution in [1.29, 1.82) is 0 Å². The summed E-state index contributed by atoms with van der Waals surface area (Å²) in [5, 5.41) is 0. The second-order valence-corrected chi connectivity index (χ2v) is 9.98. The van der Waals surface area contributed by atoms with Gasteiger partial charge in [-0.1, -0.05) is 0 Å². The molecule has 0 rings (SSSR count). The Morgan fingerprint density at radius 1 is 0.571 bits per heavy atom. The number of carbonyl (C=O) groups excluding carboxylic acids is 2. The smallest absolute Gasteiger partial charge is 0.307 e. The molecular weight excluding hydrogens is 452 g/mol. The predicted octanol–water partition coefficient (Wildman–Crippen LogP) is 1.04. The summed E-state index contributed by atoms with van der Waals surface area (Å²) in [6.07, 6.45) is -0.00593. The number of esters is 2. The lowest BCUT2D eigenvalue weighted by molar-refractivity contribution is -0.154. The third-order valence-electron chi connectivity index (χ3n) is 5.30. The van der Waals surface area contributed by atoms with Gasteiger partial charge in [0.1, 0.15) is 12.7 Å². The second kappa shape index (κ2) is 19.8. The lowest BCUT2D eigenvalue weighted by Crippen LogP contribution is -2.32. The first-order valence-electron chi connectivity index (χ1n) is 12.6. The van der Waals surface area contributed by atoms with Gasteiger partial charge in [0.2, 0.25) is 0 Å². The maximum absolute atomic E-state index is 12.0. The summed E-state index contributed by atoms with van der Waals surface area (Å²) in [4.78, 5) is 32.4. The monoisotopic (exact) mass is 504 g/mol. The molecule has 3 unspecified atom stereocenters. The van der Waals surface area contributed by atoms with Crippen molar-refractivity contribution in [3.8, 4) is 0 Å². The van der Waals surface area contributed by atoms with E-state index in [0.29, 0.717) is 39.1 Å². The Balaban J connectivity index is 3.89. The van der Waals surface area contributed by atoms with Crippen LogP contribution in [-0.2, 0) is 28.5 Å². The molecule has 0 N–H and O–H groups in total. The molecule has 0 bridgehead atoms. The summed E-state index contributed by atoms with van der Waals surface area (Å²) in [6.45, 7) is 11.5. The van der Waals surface area contributed by atoms with E-state index in [1.54, 1.807) is 0 Å². The highest BCUT2D eigenvalue weighted by Crippen LogP contribution is 2.03. The van der Waals surface area contributed by atoms with Crippen LogP contribution in [-0.4, -0.2) is 151 Å². The van der Waals surface area contributed by atoms with Gasteiger partial charge in [0.05, 0.1) is 38.3 Å². The van der Waals surface area contributed by atoms with E-state index in [0.717, 1.165) is 26.2 Å². The number of hydrogen-bond donors (Lipinski definition) is 0. The van der Waals surface area contributed by atoms with Crippen LogP contribution in [0.3, 0.4) is 0 Å². The highest BCUT2D eigenvalue weighted by atomic mass is 16.6. The first kappa shape index (κ1) is 33.7. The Bertz CT molecular complexity index is 564. The van der Waals surface area contributed by atoms with Gasteiger partial charge in [0, 0.05) is 39.3 Å². The highest BCUT2D eigenvalue weighted by Gasteiger charge is 2.15. The van der Waals surface area contributed by atoms with Crippen molar-refractivity contribution < 1.29 is 28.5 Å². The van der Waals surface area contributed by atoms with Gasteiger partial charge in [0.15, 0.2) is 0 Å². The first-order valence-corrected chi connectivity index (χ1v) is 12.6. The number of likely N-dealkylation sites (N-methyl/N-ethyl adjacent to an activating group) is 4. The van der Waals surface area contributed by atoms with Gasteiger partial charge in [-0.15, -0.1) is 0 Å². The minimum Gasteiger partial charge on any atom is -0.463 e. The Labute approximate surface area is 213 Å². The SMILES string of the molecule is CC(COC(=O)CCN(C)CCN(C)C)OCC(C)OCC(C)OC(=O)CCN(C)CCN(C)C. The van der Waals surface area contributed by atoms with Crippen LogP contribution in [0.2, 0.25) is 0 Å². The van der Waals surface area contributed by atoms with Crippen LogP contribution < -0.4 is 0 Å². The van der Waals surface area contributed by atoms with Crippen LogP contribution >= 0.6 is 0 Å². The molecule has 0 saturated carbocycles. The minimum absolute atomic E-state index is 0.170. The van der Waals surface area contributed by atoms with Crippen molar-refractivity contribution in [2.75, 3.05) is 101 Å². The Hall–Kier alpha value is -1.30. The topological polar surface area (TPSA) is 84.0 Å². The maximum Gasteiger partial charge on any atom is 0.307 e. The van der Waals surface area contributed by atoms with Crippen LogP contribution in [0, 0.1) is 0 Å². The molecule has 0 aliphatic rings. The predicted molar refractivity (Wildman–Crippen MR) is 139 cm³/mol. The van der Waals surface area contributed by atoms with E-state index >= 15 is 0 Å². The Morgan fingerprint density at radius 2 is 1.00 bits per heavy atom. The van der Waals surface area contributed by atoms with Gasteiger partial charge >= 0.3 is 11.9 Å². The van der Waals surface area contributed by atoms with Gasteiger partial charge in [-0.25, -0.2) is 0 Å². The number of rotatable bonds is 21. The van der Waals surface area contributed by atoms with Crippen LogP contribution in [0.15, 0.2) is 0 Å². The summed E-state index contributed by atoms with van der Waals surface area (Å²) in [5.74, 6) is -0.443. The van der Waals surface area contributed by atoms with E-state index in [1.165, 1.54) is 0 Å². The average Bonchev–Trinajstić information content (AvgIpc) is 2.79. The van der Waals surface area contributed by atoms with Gasteiger partial charge in [0.25, 0.3) is 0 Å². The molecule has 0 radical (unpaired) electrons. The summed E-state index contributed by atoms with van der Waals surface area (Å²) in [6, 6.07) is 0. The van der Waals surface area contributed by atoms with Crippen molar-refractivity contribution >= 4 is 11.9 Å². The normalized spacial score (nSPS) is 14.5. The van der Waals surface area contributed by atoms with Crippen LogP contribution in [0.5, 0.6) is 0 Å². The zero-order valence-corrected chi connectivity index (χ0v) is 23.7. The molecule has 0 amide bonds. The number of nitrogens with zero attached hydrogens (tertiary/aromatic N) is 4. The quantitative estimate of drug-likeness (QED) is 0.211. The maximum atomic E-state index is 12.0.